The lowest BCUT2D eigenvalue weighted by atomic mass is 9.86. The molecule has 1 aliphatic heterocycles. The highest BCUT2D eigenvalue weighted by Gasteiger charge is 2.48. The lowest BCUT2D eigenvalue weighted by molar-refractivity contribution is -0.136. The van der Waals surface area contributed by atoms with Crippen LogP contribution in [0.3, 0.4) is 0 Å². The van der Waals surface area contributed by atoms with E-state index in [9.17, 15) is 14.4 Å². The number of alkyl halides is 1. The first-order valence-corrected chi connectivity index (χ1v) is 10.6. The maximum atomic E-state index is 13.2. The number of halogens is 1. The summed E-state index contributed by atoms with van der Waals surface area (Å²) in [6, 6.07) is 7.05. The summed E-state index contributed by atoms with van der Waals surface area (Å²) in [5.41, 5.74) is -0.909. The second kappa shape index (κ2) is 9.24. The van der Waals surface area contributed by atoms with Gasteiger partial charge in [0.2, 0.25) is 5.91 Å². The average Bonchev–Trinajstić information content (AvgIpc) is 2.64. The second-order valence-electron chi connectivity index (χ2n) is 8.60. The third kappa shape index (κ3) is 5.65. The quantitative estimate of drug-likeness (QED) is 0.523. The number of piperidine rings is 1. The summed E-state index contributed by atoms with van der Waals surface area (Å²) in [5.74, 6) is -0.718. The van der Waals surface area contributed by atoms with Gasteiger partial charge in [0.25, 0.3) is 0 Å². The number of methoxy groups -OCH3 is 1. The summed E-state index contributed by atoms with van der Waals surface area (Å²) >= 11 is 3.63. The van der Waals surface area contributed by atoms with Crippen LogP contribution in [0.15, 0.2) is 24.3 Å². The van der Waals surface area contributed by atoms with Crippen molar-refractivity contribution in [2.45, 2.75) is 43.2 Å². The Bertz CT molecular complexity index is 808. The van der Waals surface area contributed by atoms with Crippen LogP contribution in [-0.2, 0) is 14.3 Å². The van der Waals surface area contributed by atoms with Crippen molar-refractivity contribution in [3.05, 3.63) is 29.8 Å². The normalized spacial score (nSPS) is 21.6. The van der Waals surface area contributed by atoms with Gasteiger partial charge in [0.1, 0.15) is 11.1 Å². The molecular formula is C21H30BrN3O5. The molecule has 0 aromatic heterocycles. The number of hydrogen-bond donors (Lipinski definition) is 1. The number of alkyl carbamates (subject to hydrolysis) is 1. The van der Waals surface area contributed by atoms with Crippen LogP contribution in [-0.4, -0.2) is 73.1 Å². The molecule has 0 saturated carbocycles. The fourth-order valence-corrected chi connectivity index (χ4v) is 4.48. The molecule has 2 unspecified atom stereocenters. The number of carbonyl (C=O) groups is 3. The predicted octanol–water partition coefficient (Wildman–Crippen LogP) is 2.80. The molecule has 1 aromatic rings. The second-order valence-corrected chi connectivity index (χ2v) is 9.89. The lowest BCUT2D eigenvalue weighted by Gasteiger charge is -2.46. The zero-order valence-electron chi connectivity index (χ0n) is 18.3. The molecule has 0 bridgehead atoms. The van der Waals surface area contributed by atoms with Gasteiger partial charge in [-0.2, -0.15) is 0 Å². The van der Waals surface area contributed by atoms with Gasteiger partial charge in [-0.25, -0.2) is 9.59 Å². The minimum Gasteiger partial charge on any atom is -0.465 e. The number of likely N-dealkylation sites (N-methyl/N-ethyl adjacent to an activating group) is 1. The monoisotopic (exact) mass is 483 g/mol. The maximum Gasteiger partial charge on any atom is 0.408 e. The number of hydrogen-bond acceptors (Lipinski definition) is 6. The van der Waals surface area contributed by atoms with Crippen molar-refractivity contribution in [2.75, 3.05) is 39.2 Å². The molecule has 30 heavy (non-hydrogen) atoms. The van der Waals surface area contributed by atoms with Gasteiger partial charge in [-0.3, -0.25) is 4.79 Å². The molecule has 2 atom stereocenters. The molecule has 2 amide bonds. The first-order chi connectivity index (χ1) is 13.9. The van der Waals surface area contributed by atoms with Gasteiger partial charge in [0.05, 0.1) is 24.9 Å². The van der Waals surface area contributed by atoms with E-state index < -0.39 is 23.2 Å². The van der Waals surface area contributed by atoms with E-state index in [1.165, 1.54) is 12.0 Å². The number of anilines is 1. The van der Waals surface area contributed by atoms with Crippen LogP contribution in [0.4, 0.5) is 10.5 Å². The summed E-state index contributed by atoms with van der Waals surface area (Å²) in [6.07, 6.45) is -0.291. The fourth-order valence-electron chi connectivity index (χ4n) is 3.58. The summed E-state index contributed by atoms with van der Waals surface area (Å²) in [7, 11) is 4.61. The highest BCUT2D eigenvalue weighted by atomic mass is 79.9. The van der Waals surface area contributed by atoms with E-state index in [1.807, 2.05) is 11.0 Å². The van der Waals surface area contributed by atoms with Gasteiger partial charge in [0.15, 0.2) is 0 Å². The molecule has 9 heteroatoms. The molecule has 1 aromatic carbocycles. The van der Waals surface area contributed by atoms with E-state index in [-0.39, 0.29) is 17.3 Å². The molecular weight excluding hydrogens is 454 g/mol. The van der Waals surface area contributed by atoms with Crippen molar-refractivity contribution in [2.24, 2.45) is 0 Å². The Morgan fingerprint density at radius 1 is 1.23 bits per heavy atom. The summed E-state index contributed by atoms with van der Waals surface area (Å²) < 4.78 is 10.3. The number of nitrogens with one attached hydrogen (secondary N) is 1. The Labute approximate surface area is 186 Å². The molecule has 2 rings (SSSR count). The highest BCUT2D eigenvalue weighted by molar-refractivity contribution is 9.09. The first-order valence-electron chi connectivity index (χ1n) is 9.68. The highest BCUT2D eigenvalue weighted by Crippen LogP contribution is 2.33. The molecule has 1 heterocycles. The number of nitrogens with zero attached hydrogens (tertiary/aromatic N) is 2. The Morgan fingerprint density at radius 3 is 2.43 bits per heavy atom. The van der Waals surface area contributed by atoms with Crippen molar-refractivity contribution in [3.8, 4) is 0 Å². The predicted molar refractivity (Wildman–Crippen MR) is 118 cm³/mol. The number of carbonyl (C=O) groups excluding carboxylic acids is 3. The van der Waals surface area contributed by atoms with Gasteiger partial charge >= 0.3 is 12.1 Å². The van der Waals surface area contributed by atoms with E-state index in [4.69, 9.17) is 9.47 Å². The van der Waals surface area contributed by atoms with E-state index >= 15 is 0 Å². The molecule has 0 aliphatic carbocycles. The van der Waals surface area contributed by atoms with Crippen LogP contribution >= 0.6 is 15.9 Å². The Balaban J connectivity index is 2.45. The zero-order chi connectivity index (χ0) is 22.7. The molecule has 1 aliphatic rings. The van der Waals surface area contributed by atoms with E-state index in [0.29, 0.717) is 24.2 Å². The van der Waals surface area contributed by atoms with Crippen molar-refractivity contribution < 1.29 is 23.9 Å². The number of rotatable bonds is 4. The van der Waals surface area contributed by atoms with Crippen LogP contribution < -0.4 is 10.2 Å². The minimum atomic E-state index is -1.23. The van der Waals surface area contributed by atoms with Crippen LogP contribution in [0, 0.1) is 0 Å². The minimum absolute atomic E-state index is 0.115. The first kappa shape index (κ1) is 24.0. The molecule has 8 nitrogen and oxygen atoms in total. The van der Waals surface area contributed by atoms with E-state index in [0.717, 1.165) is 0 Å². The van der Waals surface area contributed by atoms with E-state index in [2.05, 4.69) is 21.2 Å². The van der Waals surface area contributed by atoms with E-state index in [1.54, 1.807) is 53.1 Å². The molecule has 1 N–H and O–H groups in total. The average molecular weight is 484 g/mol. The van der Waals surface area contributed by atoms with Crippen LogP contribution in [0.1, 0.15) is 37.6 Å². The Morgan fingerprint density at radius 2 is 1.87 bits per heavy atom. The van der Waals surface area contributed by atoms with Crippen molar-refractivity contribution in [3.63, 3.8) is 0 Å². The number of amides is 2. The van der Waals surface area contributed by atoms with Crippen molar-refractivity contribution in [1.29, 1.82) is 0 Å². The molecule has 1 fully saturated rings. The SMILES string of the molecule is COC(=O)c1ccccc1N1CC(Br)CC(NC(=O)OC(C)(C)C)(C(=O)N(C)C)C1. The summed E-state index contributed by atoms with van der Waals surface area (Å²) in [4.78, 5) is 41.4. The third-order valence-corrected chi connectivity index (χ3v) is 5.27. The van der Waals surface area contributed by atoms with Gasteiger partial charge in [-0.15, -0.1) is 0 Å². The standard InChI is InChI=1S/C21H30BrN3O5/c1-20(2,3)30-19(28)23-21(18(27)24(4)5)11-14(22)12-25(13-21)16-10-8-7-9-15(16)17(26)29-6/h7-10,14H,11-13H2,1-6H3,(H,23,28). The molecule has 0 spiro atoms. The zero-order valence-corrected chi connectivity index (χ0v) is 19.9. The number of benzene rings is 1. The van der Waals surface area contributed by atoms with Crippen LogP contribution in [0.25, 0.3) is 0 Å². The fraction of sp³-hybridized carbons (Fsp3) is 0.571. The van der Waals surface area contributed by atoms with Gasteiger partial charge in [0, 0.05) is 25.5 Å². The lowest BCUT2D eigenvalue weighted by Crippen LogP contribution is -2.68. The van der Waals surface area contributed by atoms with Crippen LogP contribution in [0.2, 0.25) is 0 Å². The Hall–Kier alpha value is -2.29. The third-order valence-electron chi connectivity index (χ3n) is 4.66. The van der Waals surface area contributed by atoms with Gasteiger partial charge in [-0.05, 0) is 39.3 Å². The molecule has 1 saturated heterocycles. The summed E-state index contributed by atoms with van der Waals surface area (Å²) in [5, 5.41) is 2.82. The van der Waals surface area contributed by atoms with Crippen LogP contribution in [0.5, 0.6) is 0 Å². The molecule has 166 valence electrons. The molecule has 0 radical (unpaired) electrons. The van der Waals surface area contributed by atoms with Crippen molar-refractivity contribution in [1.82, 2.24) is 10.2 Å². The van der Waals surface area contributed by atoms with Gasteiger partial charge in [-0.1, -0.05) is 28.1 Å². The van der Waals surface area contributed by atoms with Crippen molar-refractivity contribution >= 4 is 39.6 Å². The smallest absolute Gasteiger partial charge is 0.408 e. The largest absolute Gasteiger partial charge is 0.465 e. The number of ether oxygens (including phenoxy) is 2. The number of para-hydroxylation sites is 1. The number of esters is 1. The maximum absolute atomic E-state index is 13.2. The topological polar surface area (TPSA) is 88.2 Å². The Kier molecular flexibility index (Phi) is 7.39. The summed E-state index contributed by atoms with van der Waals surface area (Å²) in [6.45, 7) is 6.02. The van der Waals surface area contributed by atoms with Gasteiger partial charge < -0.3 is 24.6 Å².